The smallest absolute Gasteiger partial charge is 0.257 e. The lowest BCUT2D eigenvalue weighted by Gasteiger charge is -2.32. The summed E-state index contributed by atoms with van der Waals surface area (Å²) in [5.41, 5.74) is 6.08. The van der Waals surface area contributed by atoms with E-state index in [0.29, 0.717) is 42.6 Å². The SMILES string of the molecule is NCCCOC1CCN(C(=O)c2cc(Cl)ccc2OC2CCCC2)CC1. The maximum absolute atomic E-state index is 13.0. The van der Waals surface area contributed by atoms with E-state index in [2.05, 4.69) is 0 Å². The summed E-state index contributed by atoms with van der Waals surface area (Å²) >= 11 is 6.15. The van der Waals surface area contributed by atoms with Gasteiger partial charge in [-0.3, -0.25) is 4.79 Å². The molecule has 0 bridgehead atoms. The van der Waals surface area contributed by atoms with Gasteiger partial charge in [0, 0.05) is 24.7 Å². The second-order valence-corrected chi connectivity index (χ2v) is 7.61. The Balaban J connectivity index is 1.61. The Morgan fingerprint density at radius 1 is 1.15 bits per heavy atom. The Hall–Kier alpha value is -1.30. The third-order valence-electron chi connectivity index (χ3n) is 5.20. The predicted molar refractivity (Wildman–Crippen MR) is 103 cm³/mol. The van der Waals surface area contributed by atoms with E-state index in [1.54, 1.807) is 12.1 Å². The average Bonchev–Trinajstić information content (AvgIpc) is 3.16. The second kappa shape index (κ2) is 9.58. The Morgan fingerprint density at radius 3 is 2.58 bits per heavy atom. The van der Waals surface area contributed by atoms with Gasteiger partial charge in [0.25, 0.3) is 5.91 Å². The number of likely N-dealkylation sites (tertiary alicyclic amines) is 1. The van der Waals surface area contributed by atoms with Crippen molar-refractivity contribution in [2.24, 2.45) is 5.73 Å². The molecule has 1 saturated carbocycles. The van der Waals surface area contributed by atoms with Gasteiger partial charge in [-0.15, -0.1) is 0 Å². The Kier molecular flexibility index (Phi) is 7.17. The molecule has 1 aromatic carbocycles. The standard InChI is InChI=1S/C20H29ClN2O3/c21-15-6-7-19(26-17-4-1-2-5-17)18(14-15)20(24)23-11-8-16(9-12-23)25-13-3-10-22/h6-7,14,16-17H,1-5,8-13,22H2. The van der Waals surface area contributed by atoms with Crippen LogP contribution in [-0.4, -0.2) is 49.3 Å². The van der Waals surface area contributed by atoms with Crippen molar-refractivity contribution in [2.75, 3.05) is 26.2 Å². The Labute approximate surface area is 160 Å². The highest BCUT2D eigenvalue weighted by atomic mass is 35.5. The van der Waals surface area contributed by atoms with Crippen LogP contribution < -0.4 is 10.5 Å². The number of hydrogen-bond donors (Lipinski definition) is 1. The molecule has 0 spiro atoms. The maximum Gasteiger partial charge on any atom is 0.257 e. The van der Waals surface area contributed by atoms with E-state index in [1.165, 1.54) is 12.8 Å². The Morgan fingerprint density at radius 2 is 1.88 bits per heavy atom. The molecule has 1 saturated heterocycles. The molecule has 5 nitrogen and oxygen atoms in total. The first-order chi connectivity index (χ1) is 12.7. The van der Waals surface area contributed by atoms with E-state index in [-0.39, 0.29) is 18.1 Å². The first-order valence-electron chi connectivity index (χ1n) is 9.74. The van der Waals surface area contributed by atoms with E-state index < -0.39 is 0 Å². The van der Waals surface area contributed by atoms with E-state index in [0.717, 1.165) is 32.1 Å². The first-order valence-corrected chi connectivity index (χ1v) is 10.1. The molecule has 0 radical (unpaired) electrons. The molecule has 1 aromatic rings. The van der Waals surface area contributed by atoms with Gasteiger partial charge in [0.05, 0.1) is 17.8 Å². The van der Waals surface area contributed by atoms with Crippen molar-refractivity contribution in [3.8, 4) is 5.75 Å². The lowest BCUT2D eigenvalue weighted by Crippen LogP contribution is -2.41. The molecule has 0 unspecified atom stereocenters. The minimum atomic E-state index is 0.000838. The van der Waals surface area contributed by atoms with E-state index in [4.69, 9.17) is 26.8 Å². The lowest BCUT2D eigenvalue weighted by atomic mass is 10.1. The van der Waals surface area contributed by atoms with Crippen LogP contribution in [0.1, 0.15) is 55.3 Å². The molecule has 2 N–H and O–H groups in total. The highest BCUT2D eigenvalue weighted by molar-refractivity contribution is 6.31. The van der Waals surface area contributed by atoms with E-state index in [1.807, 2.05) is 11.0 Å². The van der Waals surface area contributed by atoms with Crippen molar-refractivity contribution >= 4 is 17.5 Å². The highest BCUT2D eigenvalue weighted by Crippen LogP contribution is 2.30. The zero-order valence-corrected chi connectivity index (χ0v) is 16.0. The number of nitrogens with two attached hydrogens (primary N) is 1. The summed E-state index contributed by atoms with van der Waals surface area (Å²) < 4.78 is 11.9. The molecule has 26 heavy (non-hydrogen) atoms. The second-order valence-electron chi connectivity index (χ2n) is 7.17. The molecule has 3 rings (SSSR count). The van der Waals surface area contributed by atoms with E-state index in [9.17, 15) is 4.79 Å². The number of carbonyl (C=O) groups excluding carboxylic acids is 1. The van der Waals surface area contributed by atoms with Gasteiger partial charge in [0.1, 0.15) is 5.75 Å². The van der Waals surface area contributed by atoms with Gasteiger partial charge in [-0.05, 0) is 69.7 Å². The molecule has 2 fully saturated rings. The third-order valence-corrected chi connectivity index (χ3v) is 5.43. The fourth-order valence-electron chi connectivity index (χ4n) is 3.69. The molecule has 1 amide bonds. The van der Waals surface area contributed by atoms with Crippen LogP contribution in [0, 0.1) is 0 Å². The van der Waals surface area contributed by atoms with Crippen LogP contribution in [0.2, 0.25) is 5.02 Å². The molecule has 1 aliphatic carbocycles. The normalized spacial score (nSPS) is 19.1. The summed E-state index contributed by atoms with van der Waals surface area (Å²) in [6, 6.07) is 5.36. The quantitative estimate of drug-likeness (QED) is 0.733. The number of amides is 1. The van der Waals surface area contributed by atoms with Crippen molar-refractivity contribution < 1.29 is 14.3 Å². The van der Waals surface area contributed by atoms with Crippen LogP contribution in [0.25, 0.3) is 0 Å². The third kappa shape index (κ3) is 5.12. The summed E-state index contributed by atoms with van der Waals surface area (Å²) in [6.45, 7) is 2.74. The van der Waals surface area contributed by atoms with Crippen LogP contribution in [0.3, 0.4) is 0 Å². The summed E-state index contributed by atoms with van der Waals surface area (Å²) in [5.74, 6) is 0.661. The molecule has 2 aliphatic rings. The number of piperidine rings is 1. The lowest BCUT2D eigenvalue weighted by molar-refractivity contribution is 0.00832. The van der Waals surface area contributed by atoms with Crippen LogP contribution in [0.15, 0.2) is 18.2 Å². The van der Waals surface area contributed by atoms with Gasteiger partial charge >= 0.3 is 0 Å². The Bertz CT molecular complexity index is 597. The van der Waals surface area contributed by atoms with E-state index >= 15 is 0 Å². The van der Waals surface area contributed by atoms with Crippen molar-refractivity contribution in [3.05, 3.63) is 28.8 Å². The van der Waals surface area contributed by atoms with Crippen molar-refractivity contribution in [1.29, 1.82) is 0 Å². The first kappa shape index (κ1) is 19.5. The van der Waals surface area contributed by atoms with Crippen LogP contribution in [0.5, 0.6) is 5.75 Å². The van der Waals surface area contributed by atoms with Gasteiger partial charge in [-0.25, -0.2) is 0 Å². The fourth-order valence-corrected chi connectivity index (χ4v) is 3.86. The summed E-state index contributed by atoms with van der Waals surface area (Å²) in [6.07, 6.45) is 7.53. The molecule has 0 atom stereocenters. The molecular weight excluding hydrogens is 352 g/mol. The number of nitrogens with zero attached hydrogens (tertiary/aromatic N) is 1. The summed E-state index contributed by atoms with van der Waals surface area (Å²) in [5, 5.41) is 0.562. The van der Waals surface area contributed by atoms with Crippen molar-refractivity contribution in [3.63, 3.8) is 0 Å². The zero-order chi connectivity index (χ0) is 18.4. The van der Waals surface area contributed by atoms with Crippen LogP contribution in [-0.2, 0) is 4.74 Å². The number of ether oxygens (including phenoxy) is 2. The van der Waals surface area contributed by atoms with Crippen LogP contribution in [0.4, 0.5) is 0 Å². The van der Waals surface area contributed by atoms with Gasteiger partial charge in [0.2, 0.25) is 0 Å². The van der Waals surface area contributed by atoms with Crippen LogP contribution >= 0.6 is 11.6 Å². The largest absolute Gasteiger partial charge is 0.490 e. The van der Waals surface area contributed by atoms with Crippen molar-refractivity contribution in [1.82, 2.24) is 4.90 Å². The molecule has 1 heterocycles. The van der Waals surface area contributed by atoms with Gasteiger partial charge in [0.15, 0.2) is 0 Å². The number of rotatable bonds is 7. The minimum Gasteiger partial charge on any atom is -0.490 e. The summed E-state index contributed by atoms with van der Waals surface area (Å²) in [7, 11) is 0. The van der Waals surface area contributed by atoms with Gasteiger partial charge in [-0.1, -0.05) is 11.6 Å². The molecule has 1 aliphatic heterocycles. The topological polar surface area (TPSA) is 64.8 Å². The molecule has 0 aromatic heterocycles. The molecule has 6 heteroatoms. The predicted octanol–water partition coefficient (Wildman–Crippen LogP) is 3.63. The van der Waals surface area contributed by atoms with Crippen molar-refractivity contribution in [2.45, 2.75) is 57.2 Å². The molecular formula is C20H29ClN2O3. The summed E-state index contributed by atoms with van der Waals surface area (Å²) in [4.78, 5) is 14.9. The molecule has 144 valence electrons. The van der Waals surface area contributed by atoms with Gasteiger partial charge in [-0.2, -0.15) is 0 Å². The number of halogens is 1. The maximum atomic E-state index is 13.0. The zero-order valence-electron chi connectivity index (χ0n) is 15.3. The average molecular weight is 381 g/mol. The van der Waals surface area contributed by atoms with Gasteiger partial charge < -0.3 is 20.1 Å². The minimum absolute atomic E-state index is 0.000838. The number of benzene rings is 1. The fraction of sp³-hybridized carbons (Fsp3) is 0.650. The number of carbonyl (C=O) groups is 1. The highest BCUT2D eigenvalue weighted by Gasteiger charge is 2.27. The number of hydrogen-bond acceptors (Lipinski definition) is 4. The monoisotopic (exact) mass is 380 g/mol.